The number of aryl methyl sites for hydroxylation is 1. The molecule has 60 valence electrons. The molecule has 0 saturated carbocycles. The first kappa shape index (κ1) is 8.72. The lowest BCUT2D eigenvalue weighted by atomic mass is 10.1. The minimum atomic E-state index is -0.167. The Morgan fingerprint density at radius 1 is 1.45 bits per heavy atom. The van der Waals surface area contributed by atoms with Crippen LogP contribution in [0.1, 0.15) is 18.1 Å². The Labute approximate surface area is 74.6 Å². The van der Waals surface area contributed by atoms with Crippen molar-refractivity contribution in [2.24, 2.45) is 0 Å². The van der Waals surface area contributed by atoms with E-state index in [4.69, 9.17) is 0 Å². The summed E-state index contributed by atoms with van der Waals surface area (Å²) in [5, 5.41) is 0. The highest BCUT2D eigenvalue weighted by Gasteiger charge is 2.02. The highest BCUT2D eigenvalue weighted by atomic mass is 79.9. The van der Waals surface area contributed by atoms with Crippen molar-refractivity contribution in [3.05, 3.63) is 33.5 Å². The van der Waals surface area contributed by atoms with Crippen LogP contribution in [0.4, 0.5) is 4.39 Å². The Hall–Kier alpha value is -0.370. The van der Waals surface area contributed by atoms with Crippen molar-refractivity contribution >= 4 is 15.9 Å². The van der Waals surface area contributed by atoms with Gasteiger partial charge in [0.05, 0.1) is 0 Å². The lowest BCUT2D eigenvalue weighted by Gasteiger charge is -2.04. The summed E-state index contributed by atoms with van der Waals surface area (Å²) in [6, 6.07) is 3.08. The molecule has 0 amide bonds. The van der Waals surface area contributed by atoms with Crippen LogP contribution < -0.4 is 0 Å². The van der Waals surface area contributed by atoms with Crippen molar-refractivity contribution in [2.45, 2.75) is 20.3 Å². The SMILES string of the molecule is CCc1cc(F)cc(Br)c1C. The van der Waals surface area contributed by atoms with Crippen LogP contribution in [0, 0.1) is 12.7 Å². The van der Waals surface area contributed by atoms with E-state index in [0.29, 0.717) is 0 Å². The molecule has 0 radical (unpaired) electrons. The van der Waals surface area contributed by atoms with Gasteiger partial charge in [-0.15, -0.1) is 0 Å². The molecule has 2 heteroatoms. The molecule has 0 N–H and O–H groups in total. The van der Waals surface area contributed by atoms with Crippen LogP contribution in [0.3, 0.4) is 0 Å². The molecule has 0 saturated heterocycles. The quantitative estimate of drug-likeness (QED) is 0.675. The molecule has 0 unspecified atom stereocenters. The molecule has 0 bridgehead atoms. The highest BCUT2D eigenvalue weighted by Crippen LogP contribution is 2.21. The van der Waals surface area contributed by atoms with E-state index < -0.39 is 0 Å². The summed E-state index contributed by atoms with van der Waals surface area (Å²) in [6.07, 6.45) is 0.877. The maximum Gasteiger partial charge on any atom is 0.124 e. The molecule has 0 nitrogen and oxygen atoms in total. The van der Waals surface area contributed by atoms with E-state index in [9.17, 15) is 4.39 Å². The van der Waals surface area contributed by atoms with Crippen molar-refractivity contribution in [3.63, 3.8) is 0 Å². The predicted molar refractivity (Wildman–Crippen MR) is 48.2 cm³/mol. The van der Waals surface area contributed by atoms with Crippen LogP contribution in [0.15, 0.2) is 16.6 Å². The second kappa shape index (κ2) is 3.35. The maximum absolute atomic E-state index is 12.8. The van der Waals surface area contributed by atoms with Crippen molar-refractivity contribution in [1.29, 1.82) is 0 Å². The summed E-state index contributed by atoms with van der Waals surface area (Å²) >= 11 is 3.30. The van der Waals surface area contributed by atoms with Crippen LogP contribution >= 0.6 is 15.9 Å². The minimum Gasteiger partial charge on any atom is -0.207 e. The predicted octanol–water partition coefficient (Wildman–Crippen LogP) is 3.46. The maximum atomic E-state index is 12.8. The van der Waals surface area contributed by atoms with Gasteiger partial charge in [-0.25, -0.2) is 4.39 Å². The van der Waals surface area contributed by atoms with Gasteiger partial charge in [0.2, 0.25) is 0 Å². The first-order chi connectivity index (χ1) is 5.15. The van der Waals surface area contributed by atoms with E-state index in [0.717, 1.165) is 22.0 Å². The van der Waals surface area contributed by atoms with Gasteiger partial charge in [0.15, 0.2) is 0 Å². The molecule has 11 heavy (non-hydrogen) atoms. The van der Waals surface area contributed by atoms with E-state index in [1.807, 2.05) is 13.8 Å². The molecule has 1 aromatic rings. The lowest BCUT2D eigenvalue weighted by Crippen LogP contribution is -1.89. The molecule has 1 rings (SSSR count). The third kappa shape index (κ3) is 1.80. The summed E-state index contributed by atoms with van der Waals surface area (Å²) in [5.41, 5.74) is 2.20. The highest BCUT2D eigenvalue weighted by molar-refractivity contribution is 9.10. The van der Waals surface area contributed by atoms with Gasteiger partial charge >= 0.3 is 0 Å². The third-order valence-corrected chi connectivity index (χ3v) is 2.62. The Morgan fingerprint density at radius 2 is 2.09 bits per heavy atom. The fraction of sp³-hybridized carbons (Fsp3) is 0.333. The van der Waals surface area contributed by atoms with Gasteiger partial charge in [-0.2, -0.15) is 0 Å². The number of hydrogen-bond acceptors (Lipinski definition) is 0. The average molecular weight is 217 g/mol. The van der Waals surface area contributed by atoms with Gasteiger partial charge in [-0.05, 0) is 36.6 Å². The zero-order valence-electron chi connectivity index (χ0n) is 6.62. The first-order valence-corrected chi connectivity index (χ1v) is 4.39. The summed E-state index contributed by atoms with van der Waals surface area (Å²) < 4.78 is 13.6. The fourth-order valence-corrected chi connectivity index (χ4v) is 1.54. The second-order valence-corrected chi connectivity index (χ2v) is 3.38. The molecule has 0 atom stereocenters. The Morgan fingerprint density at radius 3 is 2.64 bits per heavy atom. The Balaban J connectivity index is 3.24. The lowest BCUT2D eigenvalue weighted by molar-refractivity contribution is 0.624. The topological polar surface area (TPSA) is 0 Å². The van der Waals surface area contributed by atoms with Gasteiger partial charge in [0, 0.05) is 4.47 Å². The van der Waals surface area contributed by atoms with E-state index in [-0.39, 0.29) is 5.82 Å². The number of rotatable bonds is 1. The minimum absolute atomic E-state index is 0.167. The molecular weight excluding hydrogens is 207 g/mol. The molecule has 0 aromatic heterocycles. The smallest absolute Gasteiger partial charge is 0.124 e. The van der Waals surface area contributed by atoms with Crippen LogP contribution in [-0.4, -0.2) is 0 Å². The zero-order chi connectivity index (χ0) is 8.43. The second-order valence-electron chi connectivity index (χ2n) is 2.53. The molecule has 0 aliphatic heterocycles. The number of hydrogen-bond donors (Lipinski definition) is 0. The van der Waals surface area contributed by atoms with Gasteiger partial charge in [-0.1, -0.05) is 22.9 Å². The number of halogens is 2. The largest absolute Gasteiger partial charge is 0.207 e. The van der Waals surface area contributed by atoms with Crippen molar-refractivity contribution in [2.75, 3.05) is 0 Å². The van der Waals surface area contributed by atoms with Gasteiger partial charge < -0.3 is 0 Å². The van der Waals surface area contributed by atoms with Crippen molar-refractivity contribution in [3.8, 4) is 0 Å². The molecule has 0 fully saturated rings. The molecular formula is C9H10BrF. The Bertz CT molecular complexity index is 269. The summed E-state index contributed by atoms with van der Waals surface area (Å²) in [4.78, 5) is 0. The monoisotopic (exact) mass is 216 g/mol. The van der Waals surface area contributed by atoms with E-state index in [2.05, 4.69) is 15.9 Å². The number of benzene rings is 1. The molecule has 0 aliphatic rings. The fourth-order valence-electron chi connectivity index (χ4n) is 1.07. The van der Waals surface area contributed by atoms with Crippen LogP contribution in [0.5, 0.6) is 0 Å². The van der Waals surface area contributed by atoms with Gasteiger partial charge in [-0.3, -0.25) is 0 Å². The van der Waals surface area contributed by atoms with E-state index in [1.165, 1.54) is 6.07 Å². The van der Waals surface area contributed by atoms with Gasteiger partial charge in [0.1, 0.15) is 5.82 Å². The van der Waals surface area contributed by atoms with Crippen LogP contribution in [0.2, 0.25) is 0 Å². The van der Waals surface area contributed by atoms with E-state index >= 15 is 0 Å². The zero-order valence-corrected chi connectivity index (χ0v) is 8.20. The van der Waals surface area contributed by atoms with Crippen molar-refractivity contribution < 1.29 is 4.39 Å². The normalized spacial score (nSPS) is 10.2. The summed E-state index contributed by atoms with van der Waals surface area (Å²) in [6.45, 7) is 4.01. The summed E-state index contributed by atoms with van der Waals surface area (Å²) in [5.74, 6) is -0.167. The summed E-state index contributed by atoms with van der Waals surface area (Å²) in [7, 11) is 0. The molecule has 0 aliphatic carbocycles. The molecule has 0 spiro atoms. The standard InChI is InChI=1S/C9H10BrF/c1-3-7-4-8(11)5-9(10)6(7)2/h4-5H,3H2,1-2H3. The Kier molecular flexibility index (Phi) is 2.66. The average Bonchev–Trinajstić information content (AvgIpc) is 1.96. The first-order valence-electron chi connectivity index (χ1n) is 3.59. The molecule has 0 heterocycles. The third-order valence-electron chi connectivity index (χ3n) is 1.80. The van der Waals surface area contributed by atoms with E-state index in [1.54, 1.807) is 6.07 Å². The van der Waals surface area contributed by atoms with Gasteiger partial charge in [0.25, 0.3) is 0 Å². The van der Waals surface area contributed by atoms with Crippen LogP contribution in [0.25, 0.3) is 0 Å². The van der Waals surface area contributed by atoms with Crippen molar-refractivity contribution in [1.82, 2.24) is 0 Å². The van der Waals surface area contributed by atoms with Crippen LogP contribution in [-0.2, 0) is 6.42 Å². The molecule has 1 aromatic carbocycles.